The van der Waals surface area contributed by atoms with E-state index >= 15 is 0 Å². The molecule has 0 radical (unpaired) electrons. The van der Waals surface area contributed by atoms with Gasteiger partial charge in [0.25, 0.3) is 0 Å². The van der Waals surface area contributed by atoms with Crippen LogP contribution in [0.3, 0.4) is 0 Å². The van der Waals surface area contributed by atoms with Gasteiger partial charge >= 0.3 is 6.09 Å². The van der Waals surface area contributed by atoms with Gasteiger partial charge in [0.2, 0.25) is 17.8 Å². The van der Waals surface area contributed by atoms with Crippen molar-refractivity contribution in [3.05, 3.63) is 0 Å². The SMILES string of the molecule is CCOC(=O)N1CCC(NC(=NC2CCCCN(CC(=O)N3CCCC3)C2=O)NC#N)CC1. The predicted molar refractivity (Wildman–Crippen MR) is 121 cm³/mol. The summed E-state index contributed by atoms with van der Waals surface area (Å²) in [5, 5.41) is 15.0. The van der Waals surface area contributed by atoms with Crippen LogP contribution in [0.1, 0.15) is 51.9 Å². The Morgan fingerprint density at radius 2 is 1.76 bits per heavy atom. The molecule has 11 heteroatoms. The van der Waals surface area contributed by atoms with Gasteiger partial charge in [-0.05, 0) is 51.9 Å². The van der Waals surface area contributed by atoms with E-state index in [2.05, 4.69) is 15.6 Å². The van der Waals surface area contributed by atoms with Crippen LogP contribution in [-0.4, -0.2) is 96.5 Å². The lowest BCUT2D eigenvalue weighted by atomic mass is 10.1. The minimum absolute atomic E-state index is 0.00709. The van der Waals surface area contributed by atoms with E-state index in [-0.39, 0.29) is 36.5 Å². The van der Waals surface area contributed by atoms with Crippen LogP contribution in [0.15, 0.2) is 4.99 Å². The number of carbonyl (C=O) groups excluding carboxylic acids is 3. The van der Waals surface area contributed by atoms with Gasteiger partial charge in [-0.1, -0.05) is 0 Å². The van der Waals surface area contributed by atoms with Gasteiger partial charge in [-0.25, -0.2) is 9.79 Å². The van der Waals surface area contributed by atoms with Crippen LogP contribution in [0, 0.1) is 11.5 Å². The Labute approximate surface area is 195 Å². The fourth-order valence-electron chi connectivity index (χ4n) is 4.52. The smallest absolute Gasteiger partial charge is 0.409 e. The molecule has 0 saturated carbocycles. The molecule has 11 nitrogen and oxygen atoms in total. The quantitative estimate of drug-likeness (QED) is 0.266. The number of hydrogen-bond donors (Lipinski definition) is 2. The Bertz CT molecular complexity index is 767. The number of hydrogen-bond acceptors (Lipinski definition) is 6. The lowest BCUT2D eigenvalue weighted by molar-refractivity contribution is -0.140. The van der Waals surface area contributed by atoms with Crippen molar-refractivity contribution < 1.29 is 19.1 Å². The Balaban J connectivity index is 1.59. The van der Waals surface area contributed by atoms with Crippen molar-refractivity contribution in [2.75, 3.05) is 45.9 Å². The molecule has 0 spiro atoms. The summed E-state index contributed by atoms with van der Waals surface area (Å²) in [5.74, 6) is 0.0849. The zero-order valence-corrected chi connectivity index (χ0v) is 19.4. The van der Waals surface area contributed by atoms with Gasteiger partial charge in [-0.15, -0.1) is 0 Å². The highest BCUT2D eigenvalue weighted by atomic mass is 16.6. The molecule has 1 unspecified atom stereocenters. The van der Waals surface area contributed by atoms with E-state index in [9.17, 15) is 19.6 Å². The third-order valence-electron chi connectivity index (χ3n) is 6.36. The van der Waals surface area contributed by atoms with Gasteiger partial charge in [0.1, 0.15) is 6.04 Å². The Morgan fingerprint density at radius 3 is 2.42 bits per heavy atom. The number of nitrogens with zero attached hydrogens (tertiary/aromatic N) is 5. The summed E-state index contributed by atoms with van der Waals surface area (Å²) < 4.78 is 5.05. The average Bonchev–Trinajstić information content (AvgIpc) is 3.30. The molecule has 1 atom stereocenters. The molecule has 33 heavy (non-hydrogen) atoms. The highest BCUT2D eigenvalue weighted by molar-refractivity contribution is 5.90. The topological polar surface area (TPSA) is 130 Å². The highest BCUT2D eigenvalue weighted by Crippen LogP contribution is 2.17. The molecular weight excluding hydrogens is 426 g/mol. The largest absolute Gasteiger partial charge is 0.450 e. The Morgan fingerprint density at radius 1 is 1.06 bits per heavy atom. The maximum absolute atomic E-state index is 13.2. The normalized spacial score (nSPS) is 22.5. The molecule has 3 heterocycles. The third kappa shape index (κ3) is 6.97. The van der Waals surface area contributed by atoms with Crippen molar-refractivity contribution in [2.45, 2.75) is 64.0 Å². The fraction of sp³-hybridized carbons (Fsp3) is 0.773. The molecular formula is C22H35N7O4. The maximum Gasteiger partial charge on any atom is 0.409 e. The molecule has 2 N–H and O–H groups in total. The van der Waals surface area contributed by atoms with Gasteiger partial charge in [-0.2, -0.15) is 5.26 Å². The second-order valence-corrected chi connectivity index (χ2v) is 8.68. The Kier molecular flexibility index (Phi) is 9.15. The van der Waals surface area contributed by atoms with E-state index in [0.717, 1.165) is 38.8 Å². The maximum atomic E-state index is 13.2. The number of nitrogens with one attached hydrogen (secondary N) is 2. The van der Waals surface area contributed by atoms with E-state index in [1.54, 1.807) is 16.7 Å². The van der Waals surface area contributed by atoms with E-state index in [0.29, 0.717) is 45.5 Å². The molecule has 3 aliphatic rings. The van der Waals surface area contributed by atoms with Gasteiger partial charge in [0.05, 0.1) is 13.2 Å². The monoisotopic (exact) mass is 461 g/mol. The molecule has 3 rings (SSSR count). The second-order valence-electron chi connectivity index (χ2n) is 8.68. The van der Waals surface area contributed by atoms with Crippen molar-refractivity contribution >= 4 is 23.9 Å². The lowest BCUT2D eigenvalue weighted by Gasteiger charge is -2.32. The second kappa shape index (κ2) is 12.3. The van der Waals surface area contributed by atoms with Gasteiger partial charge in [0.15, 0.2) is 6.19 Å². The summed E-state index contributed by atoms with van der Waals surface area (Å²) in [6.45, 7) is 5.37. The minimum atomic E-state index is -0.637. The first-order valence-electron chi connectivity index (χ1n) is 12.0. The zero-order valence-electron chi connectivity index (χ0n) is 19.4. The van der Waals surface area contributed by atoms with Crippen molar-refractivity contribution in [3.8, 4) is 6.19 Å². The molecule has 0 aromatic rings. The first-order chi connectivity index (χ1) is 16.0. The molecule has 3 saturated heterocycles. The molecule has 3 aliphatic heterocycles. The number of ether oxygens (including phenoxy) is 1. The van der Waals surface area contributed by atoms with Crippen LogP contribution in [-0.2, 0) is 14.3 Å². The van der Waals surface area contributed by atoms with Crippen molar-refractivity contribution in [3.63, 3.8) is 0 Å². The summed E-state index contributed by atoms with van der Waals surface area (Å²) >= 11 is 0. The summed E-state index contributed by atoms with van der Waals surface area (Å²) in [4.78, 5) is 47.3. The molecule has 3 amide bonds. The highest BCUT2D eigenvalue weighted by Gasteiger charge is 2.31. The summed E-state index contributed by atoms with van der Waals surface area (Å²) in [7, 11) is 0. The zero-order chi connectivity index (χ0) is 23.6. The molecule has 0 bridgehead atoms. The van der Waals surface area contributed by atoms with Gasteiger partial charge in [0, 0.05) is 38.8 Å². The number of amides is 3. The number of guanidine groups is 1. The summed E-state index contributed by atoms with van der Waals surface area (Å²) in [6.07, 6.45) is 7.19. The average molecular weight is 462 g/mol. The standard InChI is InChI=1S/C22H35N7O4/c1-2-33-22(32)28-13-8-17(9-14-28)25-21(24-16-23)26-18-7-3-4-12-29(20(18)31)15-19(30)27-10-5-6-11-27/h17-18H,2-15H2,1H3,(H2,24,25,26). The number of aliphatic imine (C=N–C) groups is 1. The number of rotatable bonds is 5. The summed E-state index contributed by atoms with van der Waals surface area (Å²) in [6, 6.07) is -0.620. The van der Waals surface area contributed by atoms with Crippen molar-refractivity contribution in [1.29, 1.82) is 5.26 Å². The number of likely N-dealkylation sites (tertiary alicyclic amines) is 3. The number of carbonyl (C=O) groups is 3. The Hall–Kier alpha value is -3.03. The van der Waals surface area contributed by atoms with Crippen molar-refractivity contribution in [2.24, 2.45) is 4.99 Å². The number of piperidine rings is 1. The van der Waals surface area contributed by atoms with E-state index < -0.39 is 6.04 Å². The van der Waals surface area contributed by atoms with Crippen LogP contribution in [0.2, 0.25) is 0 Å². The van der Waals surface area contributed by atoms with Gasteiger partial charge in [-0.3, -0.25) is 14.9 Å². The fourth-order valence-corrected chi connectivity index (χ4v) is 4.52. The first-order valence-corrected chi connectivity index (χ1v) is 12.0. The third-order valence-corrected chi connectivity index (χ3v) is 6.36. The van der Waals surface area contributed by atoms with Crippen LogP contribution in [0.25, 0.3) is 0 Å². The van der Waals surface area contributed by atoms with E-state index in [4.69, 9.17) is 4.74 Å². The molecule has 3 fully saturated rings. The minimum Gasteiger partial charge on any atom is -0.450 e. The van der Waals surface area contributed by atoms with Crippen molar-refractivity contribution in [1.82, 2.24) is 25.3 Å². The molecule has 0 aliphatic carbocycles. The van der Waals surface area contributed by atoms with E-state index in [1.165, 1.54) is 0 Å². The van der Waals surface area contributed by atoms with Crippen LogP contribution in [0.5, 0.6) is 0 Å². The van der Waals surface area contributed by atoms with Crippen LogP contribution in [0.4, 0.5) is 4.79 Å². The van der Waals surface area contributed by atoms with Gasteiger partial charge < -0.3 is 24.8 Å². The molecule has 182 valence electrons. The number of nitriles is 1. The van der Waals surface area contributed by atoms with Crippen LogP contribution >= 0.6 is 0 Å². The molecule has 0 aromatic heterocycles. The van der Waals surface area contributed by atoms with E-state index in [1.807, 2.05) is 11.1 Å². The predicted octanol–water partition coefficient (Wildman–Crippen LogP) is 0.627. The summed E-state index contributed by atoms with van der Waals surface area (Å²) in [5.41, 5.74) is 0. The van der Waals surface area contributed by atoms with Crippen LogP contribution < -0.4 is 10.6 Å². The lowest BCUT2D eigenvalue weighted by Crippen LogP contribution is -2.50. The first kappa shape index (κ1) is 24.6. The molecule has 0 aromatic carbocycles.